The van der Waals surface area contributed by atoms with Crippen molar-refractivity contribution in [2.24, 2.45) is 0 Å². The van der Waals surface area contributed by atoms with Crippen LogP contribution in [0.4, 0.5) is 0 Å². The molecule has 0 saturated carbocycles. The Kier molecular flexibility index (Phi) is 10.0. The molecule has 208 valence electrons. The molecule has 0 spiro atoms. The summed E-state index contributed by atoms with van der Waals surface area (Å²) in [4.78, 5) is 25.6. The van der Waals surface area contributed by atoms with Gasteiger partial charge in [-0.25, -0.2) is 0 Å². The summed E-state index contributed by atoms with van der Waals surface area (Å²) in [6.07, 6.45) is 3.27. The van der Waals surface area contributed by atoms with Crippen molar-refractivity contribution in [3.05, 3.63) is 56.6 Å². The van der Waals surface area contributed by atoms with Gasteiger partial charge in [-0.1, -0.05) is 0 Å². The van der Waals surface area contributed by atoms with Gasteiger partial charge in [0.15, 0.2) is 23.0 Å². The molecular formula is C27H37N3O8. The van der Waals surface area contributed by atoms with Crippen LogP contribution in [0.15, 0.2) is 24.3 Å². The summed E-state index contributed by atoms with van der Waals surface area (Å²) < 4.78 is 21.7. The van der Waals surface area contributed by atoms with Gasteiger partial charge in [0, 0.05) is 25.6 Å². The van der Waals surface area contributed by atoms with Crippen LogP contribution in [0.1, 0.15) is 34.6 Å². The van der Waals surface area contributed by atoms with E-state index in [4.69, 9.17) is 34.3 Å². The molecule has 4 rings (SSSR count). The van der Waals surface area contributed by atoms with E-state index in [1.54, 1.807) is 28.4 Å². The normalized spacial score (nSPS) is 15.8. The molecule has 11 nitrogen and oxygen atoms in total. The molecule has 0 aromatic heterocycles. The molecule has 1 heterocycles. The predicted molar refractivity (Wildman–Crippen MR) is 140 cm³/mol. The second-order valence-corrected chi connectivity index (χ2v) is 9.44. The number of amides is 1. The summed E-state index contributed by atoms with van der Waals surface area (Å²) in [5, 5.41) is 13.6. The lowest BCUT2D eigenvalue weighted by molar-refractivity contribution is -0.742. The number of hydrogen-bond donors (Lipinski definition) is 1. The number of rotatable bonds is 10. The Bertz CT molecular complexity index is 1140. The van der Waals surface area contributed by atoms with E-state index in [0.717, 1.165) is 68.3 Å². The molecular weight excluding hydrogens is 494 g/mol. The van der Waals surface area contributed by atoms with Gasteiger partial charge in [0.1, 0.15) is 0 Å². The molecule has 2 aliphatic rings. The van der Waals surface area contributed by atoms with E-state index in [1.165, 1.54) is 16.7 Å². The van der Waals surface area contributed by atoms with Crippen LogP contribution in [0.2, 0.25) is 0 Å². The molecule has 1 N–H and O–H groups in total. The van der Waals surface area contributed by atoms with Crippen LogP contribution in [-0.2, 0) is 24.1 Å². The van der Waals surface area contributed by atoms with Gasteiger partial charge in [-0.3, -0.25) is 4.79 Å². The van der Waals surface area contributed by atoms with E-state index >= 15 is 0 Å². The Morgan fingerprint density at radius 3 is 2.08 bits per heavy atom. The minimum Gasteiger partial charge on any atom is -0.493 e. The molecule has 1 amide bonds. The fourth-order valence-electron chi connectivity index (χ4n) is 5.15. The molecule has 1 aliphatic heterocycles. The number of carbonyl (C=O) groups excluding carboxylic acids is 1. The molecule has 11 heteroatoms. The minimum absolute atomic E-state index is 0.183. The first-order valence-electron chi connectivity index (χ1n) is 12.5. The summed E-state index contributed by atoms with van der Waals surface area (Å²) in [7, 11) is 8.79. The summed E-state index contributed by atoms with van der Waals surface area (Å²) >= 11 is 0. The van der Waals surface area contributed by atoms with Crippen molar-refractivity contribution in [1.29, 1.82) is 0 Å². The van der Waals surface area contributed by atoms with Crippen molar-refractivity contribution in [2.75, 3.05) is 61.7 Å². The van der Waals surface area contributed by atoms with Crippen molar-refractivity contribution in [2.45, 2.75) is 31.6 Å². The lowest BCUT2D eigenvalue weighted by atomic mass is 9.77. The maximum atomic E-state index is 12.9. The molecule has 2 aromatic rings. The molecule has 0 radical (unpaired) electrons. The predicted octanol–water partition coefficient (Wildman–Crippen LogP) is 2.96. The maximum absolute atomic E-state index is 12.9. The van der Waals surface area contributed by atoms with Crippen LogP contribution >= 0.6 is 0 Å². The SMILES string of the molecule is COc1cc2c(cc1OC)CC(=O)N(CCCN(C)C[C@H]1Cc3cc(OC)c(OC)cc31)CC2.O=[N+]([O-])O. The highest BCUT2D eigenvalue weighted by atomic mass is 16.9. The van der Waals surface area contributed by atoms with Gasteiger partial charge in [-0.2, -0.15) is 0 Å². The minimum atomic E-state index is -1.50. The topological polar surface area (TPSA) is 124 Å². The lowest BCUT2D eigenvalue weighted by Gasteiger charge is -2.34. The lowest BCUT2D eigenvalue weighted by Crippen LogP contribution is -2.36. The van der Waals surface area contributed by atoms with Crippen LogP contribution in [0.25, 0.3) is 0 Å². The Morgan fingerprint density at radius 1 is 0.974 bits per heavy atom. The summed E-state index contributed by atoms with van der Waals surface area (Å²) in [5.74, 6) is 3.69. The number of ether oxygens (including phenoxy) is 4. The van der Waals surface area contributed by atoms with E-state index in [2.05, 4.69) is 24.1 Å². The first-order chi connectivity index (χ1) is 18.2. The van der Waals surface area contributed by atoms with E-state index in [0.29, 0.717) is 18.1 Å². The Balaban J connectivity index is 0.000000934. The molecule has 1 aliphatic carbocycles. The number of fused-ring (bicyclic) bond motifs is 2. The Morgan fingerprint density at radius 2 is 1.50 bits per heavy atom. The average Bonchev–Trinajstić information content (AvgIpc) is 3.03. The van der Waals surface area contributed by atoms with Gasteiger partial charge in [-0.05, 0) is 79.4 Å². The number of hydrogen-bond acceptors (Lipinski definition) is 8. The standard InChI is InChI=1S/C27H36N2O5.HNO3/c1-28(17-21-11-20-14-25(33-4)26(34-5)16-22(20)21)8-6-9-29-10-7-18-12-23(31-2)24(32-3)13-19(18)15-27(29)30;2-1(3)4/h12-14,16,21H,6-11,15,17H2,1-5H3;(H,2,3,4)/t21-;/m1./s1. The van der Waals surface area contributed by atoms with Crippen LogP contribution in [0, 0.1) is 10.1 Å². The molecule has 0 saturated heterocycles. The smallest absolute Gasteiger partial charge is 0.291 e. The van der Waals surface area contributed by atoms with E-state index in [-0.39, 0.29) is 5.91 Å². The highest BCUT2D eigenvalue weighted by Crippen LogP contribution is 2.42. The molecule has 2 aromatic carbocycles. The van der Waals surface area contributed by atoms with Gasteiger partial charge in [0.25, 0.3) is 5.09 Å². The molecule has 0 fully saturated rings. The zero-order chi connectivity index (χ0) is 27.8. The third kappa shape index (κ3) is 6.97. The fraction of sp³-hybridized carbons (Fsp3) is 0.519. The average molecular weight is 532 g/mol. The van der Waals surface area contributed by atoms with E-state index < -0.39 is 5.09 Å². The molecule has 0 bridgehead atoms. The van der Waals surface area contributed by atoms with E-state index in [9.17, 15) is 4.79 Å². The first-order valence-corrected chi connectivity index (χ1v) is 12.5. The van der Waals surface area contributed by atoms with Crippen molar-refractivity contribution in [1.82, 2.24) is 9.80 Å². The number of benzene rings is 2. The van der Waals surface area contributed by atoms with Gasteiger partial charge >= 0.3 is 0 Å². The van der Waals surface area contributed by atoms with Crippen molar-refractivity contribution >= 4 is 5.91 Å². The zero-order valence-corrected chi connectivity index (χ0v) is 22.7. The number of nitrogens with zero attached hydrogens (tertiary/aromatic N) is 3. The second kappa shape index (κ2) is 13.2. The van der Waals surface area contributed by atoms with Gasteiger partial charge < -0.3 is 34.0 Å². The Labute approximate surface area is 222 Å². The van der Waals surface area contributed by atoms with E-state index in [1.807, 2.05) is 17.0 Å². The van der Waals surface area contributed by atoms with Crippen molar-refractivity contribution < 1.29 is 34.0 Å². The quantitative estimate of drug-likeness (QED) is 0.364. The van der Waals surface area contributed by atoms with Gasteiger partial charge in [0.2, 0.25) is 5.91 Å². The fourth-order valence-corrected chi connectivity index (χ4v) is 5.15. The van der Waals surface area contributed by atoms with Crippen LogP contribution in [-0.4, -0.2) is 87.7 Å². The number of methoxy groups -OCH3 is 4. The largest absolute Gasteiger partial charge is 0.493 e. The monoisotopic (exact) mass is 531 g/mol. The van der Waals surface area contributed by atoms with Crippen LogP contribution in [0.5, 0.6) is 23.0 Å². The molecule has 1 atom stereocenters. The first kappa shape index (κ1) is 28.8. The Hall–Kier alpha value is -3.73. The highest BCUT2D eigenvalue weighted by molar-refractivity contribution is 5.80. The zero-order valence-electron chi connectivity index (χ0n) is 22.7. The van der Waals surface area contributed by atoms with Gasteiger partial charge in [-0.15, -0.1) is 10.1 Å². The van der Waals surface area contributed by atoms with Crippen molar-refractivity contribution in [3.63, 3.8) is 0 Å². The summed E-state index contributed by atoms with van der Waals surface area (Å²) in [6.45, 7) is 3.47. The second-order valence-electron chi connectivity index (χ2n) is 9.44. The van der Waals surface area contributed by atoms with Crippen LogP contribution < -0.4 is 18.9 Å². The summed E-state index contributed by atoms with van der Waals surface area (Å²) in [6, 6.07) is 8.18. The highest BCUT2D eigenvalue weighted by Gasteiger charge is 2.29. The third-order valence-electron chi connectivity index (χ3n) is 7.10. The van der Waals surface area contributed by atoms with Gasteiger partial charge in [0.05, 0.1) is 34.9 Å². The third-order valence-corrected chi connectivity index (χ3v) is 7.10. The van der Waals surface area contributed by atoms with Crippen molar-refractivity contribution in [3.8, 4) is 23.0 Å². The molecule has 0 unspecified atom stereocenters. The summed E-state index contributed by atoms with van der Waals surface area (Å²) in [5.41, 5.74) is 4.91. The van der Waals surface area contributed by atoms with Crippen LogP contribution in [0.3, 0.4) is 0 Å². The number of likely N-dealkylation sites (N-methyl/N-ethyl adjacent to an activating group) is 1. The number of carbonyl (C=O) groups is 1. The maximum Gasteiger partial charge on any atom is 0.291 e. The molecule has 38 heavy (non-hydrogen) atoms.